The molecule has 0 radical (unpaired) electrons. The predicted octanol–water partition coefficient (Wildman–Crippen LogP) is 6.78. The number of hydrogen-bond acceptors (Lipinski definition) is 1. The summed E-state index contributed by atoms with van der Waals surface area (Å²) in [5.74, 6) is 0. The maximum atomic E-state index is 2.40. The van der Waals surface area contributed by atoms with Gasteiger partial charge >= 0.3 is 0 Å². The van der Waals surface area contributed by atoms with Crippen LogP contribution in [0.1, 0.15) is 11.1 Å². The van der Waals surface area contributed by atoms with Crippen LogP contribution < -0.4 is 0 Å². The Balaban J connectivity index is 1.99. The van der Waals surface area contributed by atoms with Crippen LogP contribution in [0.15, 0.2) is 71.4 Å². The largest absolute Gasteiger partial charge is 0.151 e. The topological polar surface area (TPSA) is 0 Å². The van der Waals surface area contributed by atoms with E-state index in [0.717, 1.165) is 6.42 Å². The zero-order valence-corrected chi connectivity index (χ0v) is 13.9. The van der Waals surface area contributed by atoms with Crippen molar-refractivity contribution in [1.82, 2.24) is 0 Å². The summed E-state index contributed by atoms with van der Waals surface area (Å²) >= 11 is 1.82. The summed E-state index contributed by atoms with van der Waals surface area (Å²) in [6.45, 7) is 0. The van der Waals surface area contributed by atoms with Crippen LogP contribution in [-0.4, -0.2) is 0 Å². The molecule has 0 bridgehead atoms. The van der Waals surface area contributed by atoms with Crippen molar-refractivity contribution in [2.45, 2.75) is 6.42 Å². The lowest BCUT2D eigenvalue weighted by atomic mass is 9.82. The van der Waals surface area contributed by atoms with E-state index in [2.05, 4.69) is 71.4 Å². The first-order valence-electron chi connectivity index (χ1n) is 8.32. The summed E-state index contributed by atoms with van der Waals surface area (Å²) in [6, 6.07) is 22.4. The Morgan fingerprint density at radius 2 is 1.33 bits per heavy atom. The van der Waals surface area contributed by atoms with E-state index in [1.54, 1.807) is 0 Å². The molecule has 24 heavy (non-hydrogen) atoms. The van der Waals surface area contributed by atoms with E-state index in [9.17, 15) is 0 Å². The van der Waals surface area contributed by atoms with Gasteiger partial charge in [-0.25, -0.2) is 0 Å². The lowest BCUT2D eigenvalue weighted by Crippen LogP contribution is -2.00. The van der Waals surface area contributed by atoms with E-state index in [-0.39, 0.29) is 0 Å². The monoisotopic (exact) mass is 322 g/mol. The zero-order valence-electron chi connectivity index (χ0n) is 13.0. The normalized spacial score (nSPS) is 12.8. The molecular weight excluding hydrogens is 308 g/mol. The second-order valence-corrected chi connectivity index (χ2v) is 7.38. The molecule has 1 heteroatoms. The molecule has 0 N–H and O–H groups in total. The summed E-state index contributed by atoms with van der Waals surface area (Å²) in [6.07, 6.45) is 1.05. The second kappa shape index (κ2) is 4.46. The highest BCUT2D eigenvalue weighted by Crippen LogP contribution is 2.46. The molecule has 4 aromatic carbocycles. The van der Waals surface area contributed by atoms with Gasteiger partial charge in [-0.2, -0.15) is 11.3 Å². The van der Waals surface area contributed by atoms with Crippen molar-refractivity contribution < 1.29 is 0 Å². The van der Waals surface area contributed by atoms with Crippen LogP contribution in [0.5, 0.6) is 0 Å². The summed E-state index contributed by atoms with van der Waals surface area (Å²) in [7, 11) is 0. The highest BCUT2D eigenvalue weighted by molar-refractivity contribution is 7.08. The summed E-state index contributed by atoms with van der Waals surface area (Å²) < 4.78 is 0. The van der Waals surface area contributed by atoms with Crippen molar-refractivity contribution in [3.8, 4) is 11.1 Å². The molecule has 0 spiro atoms. The number of hydrogen-bond donors (Lipinski definition) is 0. The SMILES string of the molecule is c1ccc2c(c1)cc1c3c(cc4ccccc4c32)-c2cscc2C1. The number of benzene rings is 4. The molecule has 112 valence electrons. The van der Waals surface area contributed by atoms with Crippen molar-refractivity contribution in [3.05, 3.63) is 82.6 Å². The highest BCUT2D eigenvalue weighted by atomic mass is 32.1. The number of fused-ring (bicyclic) bond motifs is 6. The van der Waals surface area contributed by atoms with Crippen molar-refractivity contribution in [2.75, 3.05) is 0 Å². The van der Waals surface area contributed by atoms with Gasteiger partial charge in [0.2, 0.25) is 0 Å². The molecule has 1 aliphatic carbocycles. The molecule has 1 aliphatic rings. The van der Waals surface area contributed by atoms with Crippen molar-refractivity contribution in [2.24, 2.45) is 0 Å². The van der Waals surface area contributed by atoms with Gasteiger partial charge in [-0.3, -0.25) is 0 Å². The third-order valence-electron chi connectivity index (χ3n) is 5.34. The lowest BCUT2D eigenvalue weighted by Gasteiger charge is -2.21. The molecule has 0 saturated heterocycles. The van der Waals surface area contributed by atoms with Crippen molar-refractivity contribution in [3.63, 3.8) is 0 Å². The van der Waals surface area contributed by atoms with Crippen LogP contribution in [0.25, 0.3) is 43.4 Å². The van der Waals surface area contributed by atoms with Gasteiger partial charge in [-0.1, -0.05) is 54.6 Å². The second-order valence-electron chi connectivity index (χ2n) is 6.64. The molecule has 1 heterocycles. The van der Waals surface area contributed by atoms with Crippen molar-refractivity contribution in [1.29, 1.82) is 0 Å². The van der Waals surface area contributed by atoms with Gasteiger partial charge in [0.15, 0.2) is 0 Å². The molecule has 0 aliphatic heterocycles. The maximum absolute atomic E-state index is 2.40. The predicted molar refractivity (Wildman–Crippen MR) is 105 cm³/mol. The van der Waals surface area contributed by atoms with Crippen LogP contribution in [0.3, 0.4) is 0 Å². The minimum Gasteiger partial charge on any atom is -0.151 e. The average molecular weight is 322 g/mol. The zero-order chi connectivity index (χ0) is 15.7. The minimum absolute atomic E-state index is 1.05. The molecule has 0 saturated carbocycles. The first kappa shape index (κ1) is 12.7. The number of thiophene rings is 1. The van der Waals surface area contributed by atoms with Gasteiger partial charge in [0.25, 0.3) is 0 Å². The molecule has 5 aromatic rings. The Morgan fingerprint density at radius 3 is 2.12 bits per heavy atom. The Hall–Kier alpha value is -2.64. The lowest BCUT2D eigenvalue weighted by molar-refractivity contribution is 1.22. The fraction of sp³-hybridized carbons (Fsp3) is 0.0435. The van der Waals surface area contributed by atoms with E-state index in [1.807, 2.05) is 11.3 Å². The fourth-order valence-electron chi connectivity index (χ4n) is 4.32. The molecule has 0 atom stereocenters. The van der Waals surface area contributed by atoms with Crippen molar-refractivity contribution >= 4 is 43.7 Å². The summed E-state index contributed by atoms with van der Waals surface area (Å²) in [5, 5.41) is 12.9. The van der Waals surface area contributed by atoms with Gasteiger partial charge in [-0.05, 0) is 77.8 Å². The van der Waals surface area contributed by atoms with E-state index in [0.29, 0.717) is 0 Å². The van der Waals surface area contributed by atoms with Crippen LogP contribution in [0.4, 0.5) is 0 Å². The van der Waals surface area contributed by atoms with Gasteiger partial charge in [-0.15, -0.1) is 0 Å². The molecule has 6 rings (SSSR count). The van der Waals surface area contributed by atoms with Gasteiger partial charge in [0.05, 0.1) is 0 Å². The first-order chi connectivity index (χ1) is 11.9. The van der Waals surface area contributed by atoms with E-state index in [1.165, 1.54) is 54.6 Å². The third-order valence-corrected chi connectivity index (χ3v) is 6.14. The first-order valence-corrected chi connectivity index (χ1v) is 9.26. The quantitative estimate of drug-likeness (QED) is 0.270. The molecule has 0 amide bonds. The van der Waals surface area contributed by atoms with Crippen LogP contribution in [0.2, 0.25) is 0 Å². The van der Waals surface area contributed by atoms with Gasteiger partial charge in [0, 0.05) is 0 Å². The molecule has 0 fully saturated rings. The molecular formula is C23H14S. The summed E-state index contributed by atoms with van der Waals surface area (Å²) in [5.41, 5.74) is 5.78. The average Bonchev–Trinajstić information content (AvgIpc) is 3.10. The molecule has 1 aromatic heterocycles. The Kier molecular flexibility index (Phi) is 2.37. The van der Waals surface area contributed by atoms with Crippen LogP contribution >= 0.6 is 11.3 Å². The highest BCUT2D eigenvalue weighted by Gasteiger charge is 2.22. The standard InChI is InChI=1S/C23H14S/c1-3-7-18-14(5-1)9-16-10-17-12-24-13-21(17)20-11-15-6-2-4-8-19(15)23(18)22(16)20/h1-9,11-13H,10H2. The number of rotatable bonds is 0. The van der Waals surface area contributed by atoms with Crippen LogP contribution in [0, 0.1) is 0 Å². The smallest absolute Gasteiger partial charge is 0.000474 e. The van der Waals surface area contributed by atoms with Gasteiger partial charge < -0.3 is 0 Å². The van der Waals surface area contributed by atoms with E-state index >= 15 is 0 Å². The van der Waals surface area contributed by atoms with E-state index < -0.39 is 0 Å². The fourth-order valence-corrected chi connectivity index (χ4v) is 5.18. The van der Waals surface area contributed by atoms with Crippen LogP contribution in [-0.2, 0) is 6.42 Å². The third kappa shape index (κ3) is 1.53. The minimum atomic E-state index is 1.05. The Labute approximate surface area is 144 Å². The Morgan fingerprint density at radius 1 is 0.625 bits per heavy atom. The molecule has 0 unspecified atom stereocenters. The summed E-state index contributed by atoms with van der Waals surface area (Å²) in [4.78, 5) is 0. The maximum Gasteiger partial charge on any atom is -0.000474 e. The van der Waals surface area contributed by atoms with Gasteiger partial charge in [0.1, 0.15) is 0 Å². The molecule has 0 nitrogen and oxygen atoms in total. The van der Waals surface area contributed by atoms with E-state index in [4.69, 9.17) is 0 Å². The Bertz CT molecular complexity index is 1260.